The summed E-state index contributed by atoms with van der Waals surface area (Å²) >= 11 is 0. The Balaban J connectivity index is 2.04. The van der Waals surface area contributed by atoms with Crippen molar-refractivity contribution < 1.29 is 29.1 Å². The molecule has 1 amide bonds. The summed E-state index contributed by atoms with van der Waals surface area (Å²) < 4.78 is 11.2. The van der Waals surface area contributed by atoms with E-state index >= 15 is 0 Å². The number of benzene rings is 2. The maximum absolute atomic E-state index is 13.6. The molecule has 1 heterocycles. The SMILES string of the molecule is CCOc1ccc(/C([O-])=C2\C(=O)C(=O)N(CC[NH+](CC)CC)C2c2ccc(OC(C)C)cc2)cc1. The molecule has 188 valence electrons. The molecule has 1 atom stereocenters. The molecule has 1 aliphatic heterocycles. The van der Waals surface area contributed by atoms with Gasteiger partial charge in [-0.2, -0.15) is 0 Å². The van der Waals surface area contributed by atoms with E-state index in [1.807, 2.05) is 45.0 Å². The molecular weight excluding hydrogens is 444 g/mol. The smallest absolute Gasteiger partial charge is 0.295 e. The van der Waals surface area contributed by atoms with Gasteiger partial charge in [-0.1, -0.05) is 30.0 Å². The number of ketones is 1. The largest absolute Gasteiger partial charge is 0.872 e. The summed E-state index contributed by atoms with van der Waals surface area (Å²) in [6, 6.07) is 13.2. The molecule has 3 rings (SSSR count). The Hall–Kier alpha value is -3.32. The lowest BCUT2D eigenvalue weighted by molar-refractivity contribution is -0.895. The number of amides is 1. The van der Waals surface area contributed by atoms with Gasteiger partial charge in [0.25, 0.3) is 5.91 Å². The zero-order valence-corrected chi connectivity index (χ0v) is 21.3. The van der Waals surface area contributed by atoms with Crippen LogP contribution in [-0.4, -0.2) is 55.5 Å². The van der Waals surface area contributed by atoms with Gasteiger partial charge < -0.3 is 24.4 Å². The molecule has 2 aromatic carbocycles. The Kier molecular flexibility index (Phi) is 8.93. The molecule has 0 radical (unpaired) electrons. The van der Waals surface area contributed by atoms with Crippen LogP contribution in [0.5, 0.6) is 11.5 Å². The van der Waals surface area contributed by atoms with Crippen LogP contribution in [-0.2, 0) is 9.59 Å². The maximum Gasteiger partial charge on any atom is 0.295 e. The highest BCUT2D eigenvalue weighted by atomic mass is 16.5. The van der Waals surface area contributed by atoms with E-state index < -0.39 is 23.5 Å². The Labute approximate surface area is 207 Å². The molecule has 7 nitrogen and oxygen atoms in total. The number of ether oxygens (including phenoxy) is 2. The van der Waals surface area contributed by atoms with Gasteiger partial charge in [0.15, 0.2) is 0 Å². The first-order valence-corrected chi connectivity index (χ1v) is 12.4. The van der Waals surface area contributed by atoms with Crippen molar-refractivity contribution in [3.05, 3.63) is 65.2 Å². The zero-order valence-electron chi connectivity index (χ0n) is 21.3. The number of carbonyl (C=O) groups excluding carboxylic acids is 2. The fraction of sp³-hybridized carbons (Fsp3) is 0.429. The molecule has 1 fully saturated rings. The van der Waals surface area contributed by atoms with Crippen LogP contribution in [0.25, 0.3) is 5.76 Å². The third-order valence-corrected chi connectivity index (χ3v) is 6.23. The predicted molar refractivity (Wildman–Crippen MR) is 133 cm³/mol. The highest BCUT2D eigenvalue weighted by Gasteiger charge is 2.44. The summed E-state index contributed by atoms with van der Waals surface area (Å²) in [6.07, 6.45) is 0.0207. The normalized spacial score (nSPS) is 17.5. The summed E-state index contributed by atoms with van der Waals surface area (Å²) in [5, 5.41) is 13.6. The molecule has 7 heteroatoms. The number of carbonyl (C=O) groups is 2. The summed E-state index contributed by atoms with van der Waals surface area (Å²) in [7, 11) is 0. The summed E-state index contributed by atoms with van der Waals surface area (Å²) in [4.78, 5) is 29.2. The third-order valence-electron chi connectivity index (χ3n) is 6.23. The minimum atomic E-state index is -0.739. The molecule has 0 spiro atoms. The summed E-state index contributed by atoms with van der Waals surface area (Å²) in [6.45, 7) is 13.4. The number of Topliss-reactive ketones (excluding diaryl/α,β-unsaturated/α-hetero) is 1. The van der Waals surface area contributed by atoms with Crippen molar-refractivity contribution in [2.75, 3.05) is 32.8 Å². The average Bonchev–Trinajstić information content (AvgIpc) is 3.10. The van der Waals surface area contributed by atoms with Gasteiger partial charge in [-0.15, -0.1) is 0 Å². The number of likely N-dealkylation sites (N-methyl/N-ethyl adjacent to an activating group) is 1. The second kappa shape index (κ2) is 11.9. The molecule has 0 bridgehead atoms. The molecule has 1 saturated heterocycles. The quantitative estimate of drug-likeness (QED) is 0.302. The van der Waals surface area contributed by atoms with E-state index in [0.29, 0.717) is 42.3 Å². The van der Waals surface area contributed by atoms with Crippen LogP contribution in [0.4, 0.5) is 0 Å². The predicted octanol–water partition coefficient (Wildman–Crippen LogP) is 2.02. The Morgan fingerprint density at radius 1 is 0.971 bits per heavy atom. The van der Waals surface area contributed by atoms with Gasteiger partial charge in [-0.3, -0.25) is 9.59 Å². The highest BCUT2D eigenvalue weighted by Crippen LogP contribution is 2.39. The van der Waals surface area contributed by atoms with Crippen molar-refractivity contribution in [3.63, 3.8) is 0 Å². The van der Waals surface area contributed by atoms with Gasteiger partial charge in [-0.05, 0) is 70.0 Å². The van der Waals surface area contributed by atoms with Gasteiger partial charge in [0.2, 0.25) is 5.78 Å². The third kappa shape index (κ3) is 6.03. The average molecular weight is 481 g/mol. The first-order chi connectivity index (χ1) is 16.8. The van der Waals surface area contributed by atoms with Gasteiger partial charge >= 0.3 is 0 Å². The summed E-state index contributed by atoms with van der Waals surface area (Å²) in [5.41, 5.74) is 1.06. The fourth-order valence-electron chi connectivity index (χ4n) is 4.36. The molecule has 0 aromatic heterocycles. The molecule has 1 unspecified atom stereocenters. The minimum Gasteiger partial charge on any atom is -0.872 e. The van der Waals surface area contributed by atoms with Crippen LogP contribution in [0.2, 0.25) is 0 Å². The Morgan fingerprint density at radius 3 is 2.11 bits per heavy atom. The van der Waals surface area contributed by atoms with E-state index in [1.54, 1.807) is 29.2 Å². The first kappa shape index (κ1) is 26.3. The van der Waals surface area contributed by atoms with Crippen LogP contribution >= 0.6 is 0 Å². The molecule has 0 aliphatic carbocycles. The van der Waals surface area contributed by atoms with Crippen molar-refractivity contribution in [2.24, 2.45) is 0 Å². The van der Waals surface area contributed by atoms with Gasteiger partial charge in [0.05, 0.1) is 44.9 Å². The number of rotatable bonds is 11. The lowest BCUT2D eigenvalue weighted by atomic mass is 9.95. The standard InChI is InChI=1S/C28H36N2O5/c1-6-29(7-2)17-18-30-25(20-9-15-23(16-10-20)35-19(4)5)24(27(32)28(30)33)26(31)21-11-13-22(14-12-21)34-8-3/h9-16,19,25,31H,6-8,17-18H2,1-5H3/b26-24+. The second-order valence-electron chi connectivity index (χ2n) is 8.87. The van der Waals surface area contributed by atoms with Gasteiger partial charge in [0.1, 0.15) is 11.5 Å². The van der Waals surface area contributed by atoms with Crippen molar-refractivity contribution in [1.82, 2.24) is 4.90 Å². The number of nitrogens with zero attached hydrogens (tertiary/aromatic N) is 1. The highest BCUT2D eigenvalue weighted by molar-refractivity contribution is 6.46. The number of hydrogen-bond acceptors (Lipinski definition) is 5. The molecular formula is C28H36N2O5. The van der Waals surface area contributed by atoms with E-state index in [1.165, 1.54) is 4.90 Å². The fourth-order valence-corrected chi connectivity index (χ4v) is 4.36. The molecule has 2 aromatic rings. The van der Waals surface area contributed by atoms with Crippen molar-refractivity contribution in [3.8, 4) is 11.5 Å². The van der Waals surface area contributed by atoms with Crippen LogP contribution in [0.3, 0.4) is 0 Å². The molecule has 1 N–H and O–H groups in total. The van der Waals surface area contributed by atoms with E-state index in [4.69, 9.17) is 9.47 Å². The number of nitrogens with one attached hydrogen (secondary N) is 1. The van der Waals surface area contributed by atoms with Gasteiger partial charge in [-0.25, -0.2) is 0 Å². The number of quaternary nitrogens is 1. The van der Waals surface area contributed by atoms with E-state index in [0.717, 1.165) is 13.1 Å². The van der Waals surface area contributed by atoms with Crippen molar-refractivity contribution in [1.29, 1.82) is 0 Å². The minimum absolute atomic E-state index is 0.00812. The second-order valence-corrected chi connectivity index (χ2v) is 8.87. The van der Waals surface area contributed by atoms with Crippen LogP contribution < -0.4 is 19.5 Å². The first-order valence-electron chi connectivity index (χ1n) is 12.4. The van der Waals surface area contributed by atoms with E-state index in [2.05, 4.69) is 13.8 Å². The Bertz CT molecular complexity index is 1040. The van der Waals surface area contributed by atoms with Gasteiger partial charge in [0, 0.05) is 5.57 Å². The van der Waals surface area contributed by atoms with E-state index in [-0.39, 0.29) is 11.7 Å². The lowest BCUT2D eigenvalue weighted by Gasteiger charge is -2.28. The Morgan fingerprint density at radius 2 is 1.57 bits per heavy atom. The van der Waals surface area contributed by atoms with Crippen LogP contribution in [0, 0.1) is 0 Å². The monoisotopic (exact) mass is 480 g/mol. The number of hydrogen-bond donors (Lipinski definition) is 1. The molecule has 0 saturated carbocycles. The topological polar surface area (TPSA) is 83.3 Å². The summed E-state index contributed by atoms with van der Waals surface area (Å²) in [5.74, 6) is -0.456. The van der Waals surface area contributed by atoms with Crippen molar-refractivity contribution in [2.45, 2.75) is 46.8 Å². The zero-order chi connectivity index (χ0) is 25.5. The lowest BCUT2D eigenvalue weighted by Crippen LogP contribution is -3.12. The van der Waals surface area contributed by atoms with E-state index in [9.17, 15) is 14.7 Å². The van der Waals surface area contributed by atoms with Crippen molar-refractivity contribution >= 4 is 17.4 Å². The van der Waals surface area contributed by atoms with Crippen LogP contribution in [0.15, 0.2) is 54.1 Å². The number of likely N-dealkylation sites (tertiary alicyclic amines) is 1. The van der Waals surface area contributed by atoms with Crippen LogP contribution in [0.1, 0.15) is 51.8 Å². The molecule has 1 aliphatic rings. The maximum atomic E-state index is 13.6. The molecule has 35 heavy (non-hydrogen) atoms.